The minimum absolute atomic E-state index is 0.178. The SMILES string of the molecule is CCOC(=O)C1=C(c2ccccc2)N=c2s/c(=C\c3ccc(OCc4ccc(C(=O)OCC)cc4)c(OC)c3)c(=O)n2[C@H]1c1ccc(C(C)C)cc1. The minimum Gasteiger partial charge on any atom is -0.493 e. The van der Waals surface area contributed by atoms with Crippen molar-refractivity contribution >= 4 is 35.0 Å². The molecule has 0 bridgehead atoms. The third-order valence-electron chi connectivity index (χ3n) is 8.64. The number of nitrogens with zero attached hydrogens (tertiary/aromatic N) is 2. The number of rotatable bonds is 12. The molecule has 2 heterocycles. The quantitative estimate of drug-likeness (QED) is 0.131. The monoisotopic (exact) mass is 716 g/mol. The summed E-state index contributed by atoms with van der Waals surface area (Å²) in [6.45, 7) is 8.51. The smallest absolute Gasteiger partial charge is 0.338 e. The van der Waals surface area contributed by atoms with Crippen molar-refractivity contribution in [2.24, 2.45) is 4.99 Å². The number of ether oxygens (including phenoxy) is 4. The highest BCUT2D eigenvalue weighted by atomic mass is 32.1. The summed E-state index contributed by atoms with van der Waals surface area (Å²) in [5.41, 5.74) is 5.25. The Kier molecular flexibility index (Phi) is 11.2. The number of hydrogen-bond acceptors (Lipinski definition) is 9. The highest BCUT2D eigenvalue weighted by Gasteiger charge is 2.35. The molecule has 0 radical (unpaired) electrons. The fourth-order valence-electron chi connectivity index (χ4n) is 5.98. The van der Waals surface area contributed by atoms with Crippen molar-refractivity contribution in [3.8, 4) is 11.5 Å². The fraction of sp³-hybridized carbons (Fsp3) is 0.238. The first kappa shape index (κ1) is 36.1. The number of hydrogen-bond donors (Lipinski definition) is 0. The third kappa shape index (κ3) is 7.62. The Bertz CT molecular complexity index is 2290. The molecular weight excluding hydrogens is 677 g/mol. The van der Waals surface area contributed by atoms with Gasteiger partial charge in [-0.05, 0) is 72.4 Å². The summed E-state index contributed by atoms with van der Waals surface area (Å²) in [6.07, 6.45) is 1.79. The van der Waals surface area contributed by atoms with Gasteiger partial charge >= 0.3 is 11.9 Å². The third-order valence-corrected chi connectivity index (χ3v) is 9.62. The van der Waals surface area contributed by atoms with Gasteiger partial charge in [0.2, 0.25) is 0 Å². The minimum atomic E-state index is -0.759. The van der Waals surface area contributed by atoms with Gasteiger partial charge in [0.1, 0.15) is 6.61 Å². The fourth-order valence-corrected chi connectivity index (χ4v) is 6.98. The summed E-state index contributed by atoms with van der Waals surface area (Å²) in [5, 5.41) is 0. The summed E-state index contributed by atoms with van der Waals surface area (Å²) < 4.78 is 24.4. The lowest BCUT2D eigenvalue weighted by molar-refractivity contribution is -0.138. The van der Waals surface area contributed by atoms with Crippen LogP contribution in [0.25, 0.3) is 11.8 Å². The van der Waals surface area contributed by atoms with Crippen LogP contribution in [0.4, 0.5) is 0 Å². The van der Waals surface area contributed by atoms with E-state index in [1.165, 1.54) is 11.3 Å². The van der Waals surface area contributed by atoms with Crippen molar-refractivity contribution in [1.29, 1.82) is 0 Å². The molecule has 0 fully saturated rings. The Hall–Kier alpha value is -5.74. The Balaban J connectivity index is 1.39. The maximum Gasteiger partial charge on any atom is 0.338 e. The van der Waals surface area contributed by atoms with Crippen LogP contribution in [0.2, 0.25) is 0 Å². The molecule has 0 unspecified atom stereocenters. The summed E-state index contributed by atoms with van der Waals surface area (Å²) >= 11 is 1.26. The molecule has 0 spiro atoms. The maximum absolute atomic E-state index is 14.4. The number of esters is 2. The highest BCUT2D eigenvalue weighted by Crippen LogP contribution is 2.36. The molecule has 1 aliphatic rings. The van der Waals surface area contributed by atoms with E-state index in [1.54, 1.807) is 55.9 Å². The lowest BCUT2D eigenvalue weighted by Gasteiger charge is -2.26. The van der Waals surface area contributed by atoms with Crippen LogP contribution in [-0.4, -0.2) is 36.8 Å². The van der Waals surface area contributed by atoms with Gasteiger partial charge in [-0.3, -0.25) is 9.36 Å². The number of benzene rings is 4. The second-order valence-corrected chi connectivity index (χ2v) is 13.4. The molecule has 52 heavy (non-hydrogen) atoms. The standard InChI is InChI=1S/C42H40N2O7S/c1-6-49-40(46)32-16-13-27(14-17-32)25-51-33-22-15-28(23-34(33)48-5)24-35-39(45)44-38(31-20-18-29(19-21-31)26(3)4)36(41(47)50-7-2)37(43-42(44)52-35)30-11-9-8-10-12-30/h8-24,26,38H,6-7,25H2,1-5H3/b35-24-/t38-/m0/s1. The predicted molar refractivity (Wildman–Crippen MR) is 201 cm³/mol. The number of methoxy groups -OCH3 is 1. The summed E-state index contributed by atoms with van der Waals surface area (Å²) in [5.74, 6) is 0.434. The van der Waals surface area contributed by atoms with Crippen molar-refractivity contribution in [2.45, 2.75) is 46.3 Å². The van der Waals surface area contributed by atoms with Crippen LogP contribution in [0, 0.1) is 0 Å². The van der Waals surface area contributed by atoms with Gasteiger partial charge in [-0.15, -0.1) is 0 Å². The Morgan fingerprint density at radius 2 is 1.56 bits per heavy atom. The molecule has 0 amide bonds. The molecule has 0 saturated carbocycles. The van der Waals surface area contributed by atoms with Crippen molar-refractivity contribution in [3.63, 3.8) is 0 Å². The molecule has 6 rings (SSSR count). The molecule has 1 atom stereocenters. The molecule has 0 aliphatic carbocycles. The zero-order chi connectivity index (χ0) is 36.8. The van der Waals surface area contributed by atoms with Gasteiger partial charge in [0, 0.05) is 5.56 Å². The molecule has 10 heteroatoms. The van der Waals surface area contributed by atoms with E-state index in [0.717, 1.165) is 27.8 Å². The number of fused-ring (bicyclic) bond motifs is 1. The van der Waals surface area contributed by atoms with Gasteiger partial charge in [0.05, 0.1) is 47.7 Å². The number of thiazole rings is 1. The van der Waals surface area contributed by atoms with Gasteiger partial charge in [0.15, 0.2) is 16.3 Å². The molecule has 0 N–H and O–H groups in total. The van der Waals surface area contributed by atoms with E-state index in [-0.39, 0.29) is 24.7 Å². The summed E-state index contributed by atoms with van der Waals surface area (Å²) in [4.78, 5) is 45.5. The Labute approximate surface area is 306 Å². The molecule has 0 saturated heterocycles. The van der Waals surface area contributed by atoms with Crippen molar-refractivity contribution in [1.82, 2.24) is 4.57 Å². The maximum atomic E-state index is 14.4. The normalized spacial score (nSPS) is 14.1. The van der Waals surface area contributed by atoms with E-state index in [2.05, 4.69) is 13.8 Å². The zero-order valence-corrected chi connectivity index (χ0v) is 30.6. The number of carbonyl (C=O) groups is 2. The van der Waals surface area contributed by atoms with Crippen molar-refractivity contribution in [3.05, 3.63) is 156 Å². The molecule has 266 valence electrons. The molecule has 1 aliphatic heterocycles. The average molecular weight is 717 g/mol. The van der Waals surface area contributed by atoms with Crippen LogP contribution in [0.15, 0.2) is 112 Å². The van der Waals surface area contributed by atoms with E-state index in [0.29, 0.717) is 50.2 Å². The molecule has 5 aromatic rings. The first-order valence-electron chi connectivity index (χ1n) is 17.2. The predicted octanol–water partition coefficient (Wildman–Crippen LogP) is 6.82. The Morgan fingerprint density at radius 3 is 2.21 bits per heavy atom. The van der Waals surface area contributed by atoms with Crippen LogP contribution in [-0.2, 0) is 20.9 Å². The highest BCUT2D eigenvalue weighted by molar-refractivity contribution is 7.07. The lowest BCUT2D eigenvalue weighted by atomic mass is 9.91. The summed E-state index contributed by atoms with van der Waals surface area (Å²) in [7, 11) is 1.56. The van der Waals surface area contributed by atoms with E-state index in [4.69, 9.17) is 23.9 Å². The molecule has 1 aromatic heterocycles. The topological polar surface area (TPSA) is 105 Å². The van der Waals surface area contributed by atoms with E-state index in [1.807, 2.05) is 72.8 Å². The van der Waals surface area contributed by atoms with Gasteiger partial charge in [-0.2, -0.15) is 0 Å². The second-order valence-electron chi connectivity index (χ2n) is 12.4. The Morgan fingerprint density at radius 1 is 0.865 bits per heavy atom. The first-order chi connectivity index (χ1) is 25.2. The first-order valence-corrected chi connectivity index (χ1v) is 18.0. The number of aromatic nitrogens is 1. The van der Waals surface area contributed by atoms with Crippen LogP contribution < -0.4 is 24.4 Å². The van der Waals surface area contributed by atoms with Gasteiger partial charge < -0.3 is 18.9 Å². The van der Waals surface area contributed by atoms with Crippen molar-refractivity contribution < 1.29 is 28.5 Å². The largest absolute Gasteiger partial charge is 0.493 e. The summed E-state index contributed by atoms with van der Waals surface area (Å²) in [6, 6.07) is 29.2. The zero-order valence-electron chi connectivity index (χ0n) is 29.8. The average Bonchev–Trinajstić information content (AvgIpc) is 3.47. The van der Waals surface area contributed by atoms with E-state index < -0.39 is 12.0 Å². The van der Waals surface area contributed by atoms with Crippen molar-refractivity contribution in [2.75, 3.05) is 20.3 Å². The second kappa shape index (κ2) is 16.1. The van der Waals surface area contributed by atoms with Crippen LogP contribution in [0.3, 0.4) is 0 Å². The molecule has 4 aromatic carbocycles. The molecular formula is C42H40N2O7S. The van der Waals surface area contributed by atoms with Crippen LogP contribution >= 0.6 is 11.3 Å². The van der Waals surface area contributed by atoms with Crippen LogP contribution in [0.1, 0.15) is 77.8 Å². The van der Waals surface area contributed by atoms with Gasteiger partial charge in [0.25, 0.3) is 5.56 Å². The van der Waals surface area contributed by atoms with Crippen LogP contribution in [0.5, 0.6) is 11.5 Å². The van der Waals surface area contributed by atoms with E-state index in [9.17, 15) is 14.4 Å². The molecule has 9 nitrogen and oxygen atoms in total. The van der Waals surface area contributed by atoms with E-state index >= 15 is 0 Å². The van der Waals surface area contributed by atoms with Gasteiger partial charge in [-0.1, -0.05) is 98.0 Å². The van der Waals surface area contributed by atoms with Gasteiger partial charge in [-0.25, -0.2) is 14.6 Å². The lowest BCUT2D eigenvalue weighted by Crippen LogP contribution is -2.40. The number of carbonyl (C=O) groups excluding carboxylic acids is 2.